The number of nitrogens with one attached hydrogen (secondary N) is 1. The molecule has 0 spiro atoms. The maximum Gasteiger partial charge on any atom is 0.327 e. The Kier molecular flexibility index (Phi) is 4.94. The van der Waals surface area contributed by atoms with Crippen LogP contribution in [0.3, 0.4) is 0 Å². The van der Waals surface area contributed by atoms with Crippen molar-refractivity contribution in [2.24, 2.45) is 0 Å². The fraction of sp³-hybridized carbons (Fsp3) is 0.286. The summed E-state index contributed by atoms with van der Waals surface area (Å²) in [4.78, 5) is 22.8. The molecule has 0 aliphatic rings. The van der Waals surface area contributed by atoms with Gasteiger partial charge in [0.05, 0.1) is 5.92 Å². The lowest BCUT2D eigenvalue weighted by molar-refractivity contribution is -0.141. The molecule has 2 unspecified atom stereocenters. The summed E-state index contributed by atoms with van der Waals surface area (Å²) in [6.45, 7) is 1.72. The first-order valence-electron chi connectivity index (χ1n) is 5.58. The Balaban J connectivity index is 2.70. The molecule has 94 valence electrons. The second kappa shape index (κ2) is 6.45. The van der Waals surface area contributed by atoms with Gasteiger partial charge in [-0.25, -0.2) is 4.79 Å². The maximum absolute atomic E-state index is 11.9. The second-order valence-electron chi connectivity index (χ2n) is 3.94. The van der Waals surface area contributed by atoms with Crippen LogP contribution < -0.4 is 5.32 Å². The average molecular weight is 245 g/mol. The molecule has 0 saturated carbocycles. The molecule has 18 heavy (non-hydrogen) atoms. The van der Waals surface area contributed by atoms with E-state index in [0.717, 1.165) is 5.56 Å². The Morgan fingerprint density at radius 1 is 1.39 bits per heavy atom. The minimum absolute atomic E-state index is 0.0252. The number of carbonyl (C=O) groups excluding carboxylic acids is 1. The number of hydrogen-bond donors (Lipinski definition) is 2. The van der Waals surface area contributed by atoms with Crippen molar-refractivity contribution in [2.45, 2.75) is 25.3 Å². The van der Waals surface area contributed by atoms with E-state index in [1.54, 1.807) is 6.92 Å². The van der Waals surface area contributed by atoms with Crippen molar-refractivity contribution in [1.29, 1.82) is 0 Å². The molecule has 2 atom stereocenters. The number of rotatable bonds is 5. The maximum atomic E-state index is 11.9. The highest BCUT2D eigenvalue weighted by atomic mass is 16.4. The van der Waals surface area contributed by atoms with Gasteiger partial charge in [-0.3, -0.25) is 4.79 Å². The van der Waals surface area contributed by atoms with Gasteiger partial charge in [-0.15, -0.1) is 12.3 Å². The van der Waals surface area contributed by atoms with E-state index in [1.165, 1.54) is 0 Å². The Morgan fingerprint density at radius 3 is 2.50 bits per heavy atom. The van der Waals surface area contributed by atoms with E-state index in [-0.39, 0.29) is 12.3 Å². The summed E-state index contributed by atoms with van der Waals surface area (Å²) in [5, 5.41) is 11.3. The van der Waals surface area contributed by atoms with Gasteiger partial charge in [-0.05, 0) is 12.5 Å². The summed E-state index contributed by atoms with van der Waals surface area (Å²) < 4.78 is 0. The monoisotopic (exact) mass is 245 g/mol. The lowest BCUT2D eigenvalue weighted by atomic mass is 10.00. The van der Waals surface area contributed by atoms with Crippen molar-refractivity contribution in [3.05, 3.63) is 35.9 Å². The molecular weight excluding hydrogens is 230 g/mol. The first kappa shape index (κ1) is 13.8. The van der Waals surface area contributed by atoms with Gasteiger partial charge in [0, 0.05) is 6.42 Å². The smallest absolute Gasteiger partial charge is 0.327 e. The number of benzene rings is 1. The third-order valence-corrected chi connectivity index (χ3v) is 2.63. The zero-order valence-corrected chi connectivity index (χ0v) is 10.1. The van der Waals surface area contributed by atoms with Crippen LogP contribution in [0.5, 0.6) is 0 Å². The van der Waals surface area contributed by atoms with Crippen molar-refractivity contribution in [2.75, 3.05) is 0 Å². The van der Waals surface area contributed by atoms with Gasteiger partial charge in [0.1, 0.15) is 6.04 Å². The van der Waals surface area contributed by atoms with Gasteiger partial charge in [0.25, 0.3) is 0 Å². The minimum atomic E-state index is -1.12. The minimum Gasteiger partial charge on any atom is -0.480 e. The fourth-order valence-electron chi connectivity index (χ4n) is 1.51. The van der Waals surface area contributed by atoms with Crippen molar-refractivity contribution in [3.8, 4) is 12.3 Å². The Morgan fingerprint density at radius 2 is 2.00 bits per heavy atom. The summed E-state index contributed by atoms with van der Waals surface area (Å²) in [7, 11) is 0. The van der Waals surface area contributed by atoms with E-state index in [2.05, 4.69) is 11.2 Å². The molecule has 0 aromatic heterocycles. The number of aliphatic carboxylic acids is 1. The van der Waals surface area contributed by atoms with Crippen LogP contribution in [-0.2, 0) is 9.59 Å². The largest absolute Gasteiger partial charge is 0.480 e. The van der Waals surface area contributed by atoms with Crippen LogP contribution in [-0.4, -0.2) is 23.0 Å². The van der Waals surface area contributed by atoms with E-state index in [4.69, 9.17) is 11.5 Å². The summed E-state index contributed by atoms with van der Waals surface area (Å²) >= 11 is 0. The van der Waals surface area contributed by atoms with Crippen LogP contribution in [0.1, 0.15) is 24.8 Å². The van der Waals surface area contributed by atoms with Crippen molar-refractivity contribution < 1.29 is 14.7 Å². The molecule has 2 N–H and O–H groups in total. The van der Waals surface area contributed by atoms with E-state index in [1.807, 2.05) is 30.3 Å². The predicted octanol–water partition coefficient (Wildman–Crippen LogP) is 1.38. The molecule has 1 aromatic rings. The highest BCUT2D eigenvalue weighted by Crippen LogP contribution is 2.14. The Hall–Kier alpha value is -2.28. The average Bonchev–Trinajstić information content (AvgIpc) is 2.38. The van der Waals surface area contributed by atoms with Crippen LogP contribution in [0, 0.1) is 12.3 Å². The molecule has 0 aliphatic heterocycles. The standard InChI is InChI=1S/C14H15NO3/c1-3-7-12(14(17)18)15-13(16)10(2)11-8-5-4-6-9-11/h1,4-6,8-10,12H,7H2,2H3,(H,15,16)(H,17,18). The number of terminal acetylenes is 1. The fourth-order valence-corrected chi connectivity index (χ4v) is 1.51. The number of carbonyl (C=O) groups is 2. The van der Waals surface area contributed by atoms with Crippen molar-refractivity contribution in [3.63, 3.8) is 0 Å². The van der Waals surface area contributed by atoms with Gasteiger partial charge in [-0.1, -0.05) is 30.3 Å². The molecule has 0 saturated heterocycles. The van der Waals surface area contributed by atoms with Gasteiger partial charge in [0.15, 0.2) is 0 Å². The summed E-state index contributed by atoms with van der Waals surface area (Å²) in [6.07, 6.45) is 5.04. The Labute approximate surface area is 106 Å². The lowest BCUT2D eigenvalue weighted by Crippen LogP contribution is -2.42. The van der Waals surface area contributed by atoms with Gasteiger partial charge < -0.3 is 10.4 Å². The molecule has 1 rings (SSSR count). The van der Waals surface area contributed by atoms with Crippen LogP contribution in [0.2, 0.25) is 0 Å². The molecule has 0 aliphatic carbocycles. The molecule has 0 bridgehead atoms. The van der Waals surface area contributed by atoms with E-state index in [9.17, 15) is 9.59 Å². The molecule has 0 fully saturated rings. The SMILES string of the molecule is C#CCC(NC(=O)C(C)c1ccccc1)C(=O)O. The van der Waals surface area contributed by atoms with Gasteiger partial charge in [-0.2, -0.15) is 0 Å². The zero-order valence-electron chi connectivity index (χ0n) is 10.1. The molecule has 4 nitrogen and oxygen atoms in total. The van der Waals surface area contributed by atoms with Crippen LogP contribution >= 0.6 is 0 Å². The number of amides is 1. The number of carboxylic acids is 1. The summed E-state index contributed by atoms with van der Waals surface area (Å²) in [5.41, 5.74) is 0.833. The van der Waals surface area contributed by atoms with E-state index in [0.29, 0.717) is 0 Å². The van der Waals surface area contributed by atoms with Gasteiger partial charge in [0.2, 0.25) is 5.91 Å². The Bertz CT molecular complexity index is 462. The predicted molar refractivity (Wildman–Crippen MR) is 67.9 cm³/mol. The molecule has 1 aromatic carbocycles. The third-order valence-electron chi connectivity index (χ3n) is 2.63. The summed E-state index contributed by atoms with van der Waals surface area (Å²) in [5.74, 6) is 0.359. The highest BCUT2D eigenvalue weighted by molar-refractivity contribution is 5.87. The molecule has 0 heterocycles. The van der Waals surface area contributed by atoms with Gasteiger partial charge >= 0.3 is 5.97 Å². The number of carboxylic acid groups (broad SMARTS) is 1. The quantitative estimate of drug-likeness (QED) is 0.770. The van der Waals surface area contributed by atoms with E-state index < -0.39 is 17.9 Å². The third kappa shape index (κ3) is 3.63. The normalized spacial score (nSPS) is 13.1. The molecule has 1 amide bonds. The molecule has 0 radical (unpaired) electrons. The van der Waals surface area contributed by atoms with E-state index >= 15 is 0 Å². The van der Waals surface area contributed by atoms with Crippen molar-refractivity contribution in [1.82, 2.24) is 5.32 Å². The van der Waals surface area contributed by atoms with Crippen LogP contribution in [0.4, 0.5) is 0 Å². The van der Waals surface area contributed by atoms with Crippen molar-refractivity contribution >= 4 is 11.9 Å². The topological polar surface area (TPSA) is 66.4 Å². The van der Waals surface area contributed by atoms with Crippen LogP contribution in [0.15, 0.2) is 30.3 Å². The lowest BCUT2D eigenvalue weighted by Gasteiger charge is -2.16. The first-order valence-corrected chi connectivity index (χ1v) is 5.58. The summed E-state index contributed by atoms with van der Waals surface area (Å²) in [6, 6.07) is 8.12. The molecule has 4 heteroatoms. The molecular formula is C14H15NO3. The number of hydrogen-bond acceptors (Lipinski definition) is 2. The highest BCUT2D eigenvalue weighted by Gasteiger charge is 2.22. The zero-order chi connectivity index (χ0) is 13.5. The van der Waals surface area contributed by atoms with Crippen LogP contribution in [0.25, 0.3) is 0 Å². The second-order valence-corrected chi connectivity index (χ2v) is 3.94. The first-order chi connectivity index (χ1) is 8.56.